The Bertz CT molecular complexity index is 819. The minimum atomic E-state index is 0. The molecule has 2 fully saturated rings. The van der Waals surface area contributed by atoms with Gasteiger partial charge in [0.25, 0.3) is 5.91 Å². The maximum absolute atomic E-state index is 13.2. The molecule has 2 aromatic rings. The van der Waals surface area contributed by atoms with Gasteiger partial charge in [-0.05, 0) is 75.9 Å². The van der Waals surface area contributed by atoms with Crippen LogP contribution in [0, 0.1) is 25.7 Å². The monoisotopic (exact) mass is 407 g/mol. The number of aryl methyl sites for hydroxylation is 1. The third kappa shape index (κ3) is 3.89. The van der Waals surface area contributed by atoms with Gasteiger partial charge < -0.3 is 14.8 Å². The van der Waals surface area contributed by atoms with Gasteiger partial charge in [0, 0.05) is 35.2 Å². The Morgan fingerprint density at radius 2 is 1.78 bits per heavy atom. The fourth-order valence-electron chi connectivity index (χ4n) is 4.58. The first-order chi connectivity index (χ1) is 12.5. The van der Waals surface area contributed by atoms with Crippen molar-refractivity contribution in [3.8, 4) is 5.69 Å². The van der Waals surface area contributed by atoms with Crippen molar-refractivity contribution < 1.29 is 4.79 Å². The van der Waals surface area contributed by atoms with E-state index in [1.54, 1.807) is 0 Å². The van der Waals surface area contributed by atoms with E-state index in [9.17, 15) is 4.79 Å². The number of likely N-dealkylation sites (tertiary alicyclic amines) is 1. The predicted octanol–water partition coefficient (Wildman–Crippen LogP) is 4.24. The topological polar surface area (TPSA) is 37.3 Å². The fourth-order valence-corrected chi connectivity index (χ4v) is 4.77. The molecule has 1 amide bonds. The van der Waals surface area contributed by atoms with Crippen LogP contribution in [-0.4, -0.2) is 41.6 Å². The highest BCUT2D eigenvalue weighted by atomic mass is 35.5. The molecule has 0 saturated carbocycles. The van der Waals surface area contributed by atoms with Crippen molar-refractivity contribution in [2.75, 3.05) is 26.2 Å². The summed E-state index contributed by atoms with van der Waals surface area (Å²) in [6.45, 7) is 8.01. The second-order valence-electron chi connectivity index (χ2n) is 7.65. The lowest BCUT2D eigenvalue weighted by Gasteiger charge is -2.21. The molecule has 0 radical (unpaired) electrons. The normalized spacial score (nSPS) is 22.1. The SMILES string of the molecule is Cc1cc(C(=O)N2CC[C@@H]3CNC[C@@H]3CC2)c(C)n1-c1cccc(Cl)c1.Cl. The van der Waals surface area contributed by atoms with E-state index in [-0.39, 0.29) is 18.3 Å². The molecule has 2 saturated heterocycles. The maximum atomic E-state index is 13.2. The van der Waals surface area contributed by atoms with Crippen LogP contribution in [0.3, 0.4) is 0 Å². The van der Waals surface area contributed by atoms with E-state index in [0.29, 0.717) is 5.02 Å². The lowest BCUT2D eigenvalue weighted by molar-refractivity contribution is 0.0758. The number of benzene rings is 1. The Kier molecular flexibility index (Phi) is 6.19. The molecule has 2 aliphatic rings. The van der Waals surface area contributed by atoms with Crippen molar-refractivity contribution >= 4 is 29.9 Å². The highest BCUT2D eigenvalue weighted by Crippen LogP contribution is 2.29. The summed E-state index contributed by atoms with van der Waals surface area (Å²) in [7, 11) is 0. The zero-order chi connectivity index (χ0) is 18.3. The second-order valence-corrected chi connectivity index (χ2v) is 8.08. The lowest BCUT2D eigenvalue weighted by Crippen LogP contribution is -2.33. The van der Waals surface area contributed by atoms with Crippen LogP contribution in [0.5, 0.6) is 0 Å². The largest absolute Gasteiger partial charge is 0.339 e. The van der Waals surface area contributed by atoms with Gasteiger partial charge in [-0.2, -0.15) is 0 Å². The van der Waals surface area contributed by atoms with Crippen molar-refractivity contribution in [2.45, 2.75) is 26.7 Å². The predicted molar refractivity (Wildman–Crippen MR) is 112 cm³/mol. The minimum Gasteiger partial charge on any atom is -0.339 e. The van der Waals surface area contributed by atoms with E-state index in [2.05, 4.69) is 14.8 Å². The van der Waals surface area contributed by atoms with Crippen LogP contribution in [-0.2, 0) is 0 Å². The average Bonchev–Trinajstić information content (AvgIpc) is 3.12. The number of carbonyl (C=O) groups is 1. The third-order valence-corrected chi connectivity index (χ3v) is 6.27. The highest BCUT2D eigenvalue weighted by Gasteiger charge is 2.32. The molecule has 6 heteroatoms. The zero-order valence-corrected chi connectivity index (χ0v) is 17.4. The molecule has 4 nitrogen and oxygen atoms in total. The molecule has 4 rings (SSSR count). The summed E-state index contributed by atoms with van der Waals surface area (Å²) in [6, 6.07) is 9.80. The van der Waals surface area contributed by atoms with E-state index in [0.717, 1.165) is 73.5 Å². The van der Waals surface area contributed by atoms with Crippen LogP contribution in [0.25, 0.3) is 5.69 Å². The number of rotatable bonds is 2. The number of hydrogen-bond donors (Lipinski definition) is 1. The number of halogens is 2. The zero-order valence-electron chi connectivity index (χ0n) is 15.9. The molecule has 2 atom stereocenters. The molecule has 0 spiro atoms. The molecule has 0 unspecified atom stereocenters. The molecular formula is C21H27Cl2N3O. The van der Waals surface area contributed by atoms with Crippen LogP contribution >= 0.6 is 24.0 Å². The van der Waals surface area contributed by atoms with Crippen LogP contribution in [0.15, 0.2) is 30.3 Å². The van der Waals surface area contributed by atoms with Crippen molar-refractivity contribution in [1.82, 2.24) is 14.8 Å². The van der Waals surface area contributed by atoms with Gasteiger partial charge in [-0.1, -0.05) is 17.7 Å². The average molecular weight is 408 g/mol. The molecular weight excluding hydrogens is 381 g/mol. The summed E-state index contributed by atoms with van der Waals surface area (Å²) in [5, 5.41) is 4.20. The molecule has 0 aliphatic carbocycles. The van der Waals surface area contributed by atoms with Gasteiger partial charge in [0.1, 0.15) is 0 Å². The molecule has 3 heterocycles. The molecule has 0 bridgehead atoms. The van der Waals surface area contributed by atoms with Gasteiger partial charge in [0.05, 0.1) is 5.56 Å². The Morgan fingerprint density at radius 3 is 2.41 bits per heavy atom. The number of amides is 1. The molecule has 27 heavy (non-hydrogen) atoms. The van der Waals surface area contributed by atoms with E-state index in [4.69, 9.17) is 11.6 Å². The molecule has 2 aliphatic heterocycles. The summed E-state index contributed by atoms with van der Waals surface area (Å²) < 4.78 is 2.12. The van der Waals surface area contributed by atoms with E-state index >= 15 is 0 Å². The van der Waals surface area contributed by atoms with Crippen molar-refractivity contribution in [3.63, 3.8) is 0 Å². The standard InChI is InChI=1S/C21H26ClN3O.ClH/c1-14-10-20(15(2)25(14)19-5-3-4-18(22)11-19)21(26)24-8-6-16-12-23-13-17(16)7-9-24;/h3-5,10-11,16-17,23H,6-9,12-13H2,1-2H3;1H/t16-,17+;. The number of hydrogen-bond acceptors (Lipinski definition) is 2. The van der Waals surface area contributed by atoms with E-state index < -0.39 is 0 Å². The summed E-state index contributed by atoms with van der Waals surface area (Å²) >= 11 is 6.16. The Hall–Kier alpha value is -1.49. The van der Waals surface area contributed by atoms with E-state index in [1.807, 2.05) is 44.2 Å². The second kappa shape index (κ2) is 8.26. The van der Waals surface area contributed by atoms with E-state index in [1.165, 1.54) is 0 Å². The summed E-state index contributed by atoms with van der Waals surface area (Å²) in [5.74, 6) is 1.62. The Balaban J connectivity index is 0.00000210. The number of nitrogens with one attached hydrogen (secondary N) is 1. The molecule has 146 valence electrons. The highest BCUT2D eigenvalue weighted by molar-refractivity contribution is 6.30. The fraction of sp³-hybridized carbons (Fsp3) is 0.476. The summed E-state index contributed by atoms with van der Waals surface area (Å²) in [4.78, 5) is 15.3. The first-order valence-corrected chi connectivity index (χ1v) is 9.87. The minimum absolute atomic E-state index is 0. The number of carbonyl (C=O) groups excluding carboxylic acids is 1. The lowest BCUT2D eigenvalue weighted by atomic mass is 9.92. The Labute approximate surface area is 172 Å². The first kappa shape index (κ1) is 20.2. The number of aromatic nitrogens is 1. The van der Waals surface area contributed by atoms with Gasteiger partial charge in [0.2, 0.25) is 0 Å². The van der Waals surface area contributed by atoms with Crippen molar-refractivity contribution in [3.05, 3.63) is 52.3 Å². The summed E-state index contributed by atoms with van der Waals surface area (Å²) in [6.07, 6.45) is 2.22. The first-order valence-electron chi connectivity index (χ1n) is 9.49. The van der Waals surface area contributed by atoms with Crippen molar-refractivity contribution in [2.24, 2.45) is 11.8 Å². The summed E-state index contributed by atoms with van der Waals surface area (Å²) in [5.41, 5.74) is 3.86. The van der Waals surface area contributed by atoms with Gasteiger partial charge in [0.15, 0.2) is 0 Å². The van der Waals surface area contributed by atoms with Gasteiger partial charge in [-0.15, -0.1) is 12.4 Å². The number of fused-ring (bicyclic) bond motifs is 1. The van der Waals surface area contributed by atoms with Crippen molar-refractivity contribution in [1.29, 1.82) is 0 Å². The molecule has 1 N–H and O–H groups in total. The number of nitrogens with zero attached hydrogens (tertiary/aromatic N) is 2. The van der Waals surface area contributed by atoms with Crippen LogP contribution in [0.1, 0.15) is 34.6 Å². The van der Waals surface area contributed by atoms with Gasteiger partial charge in [-0.25, -0.2) is 0 Å². The van der Waals surface area contributed by atoms with Crippen LogP contribution in [0.2, 0.25) is 5.02 Å². The smallest absolute Gasteiger partial charge is 0.255 e. The van der Waals surface area contributed by atoms with Gasteiger partial charge >= 0.3 is 0 Å². The maximum Gasteiger partial charge on any atom is 0.255 e. The quantitative estimate of drug-likeness (QED) is 0.807. The van der Waals surface area contributed by atoms with Gasteiger partial charge in [-0.3, -0.25) is 4.79 Å². The third-order valence-electron chi connectivity index (χ3n) is 6.03. The van der Waals surface area contributed by atoms with Crippen LogP contribution in [0.4, 0.5) is 0 Å². The molecule has 1 aromatic heterocycles. The Morgan fingerprint density at radius 1 is 1.11 bits per heavy atom. The van der Waals surface area contributed by atoms with Crippen LogP contribution < -0.4 is 5.32 Å². The molecule has 1 aromatic carbocycles.